The van der Waals surface area contributed by atoms with Gasteiger partial charge < -0.3 is 39.0 Å². The lowest BCUT2D eigenvalue weighted by Crippen LogP contribution is -2.61. The first-order valence-electron chi connectivity index (χ1n) is 31.5. The van der Waals surface area contributed by atoms with Crippen molar-refractivity contribution in [2.75, 3.05) is 13.2 Å². The van der Waals surface area contributed by atoms with Crippen molar-refractivity contribution in [2.45, 2.75) is 276 Å². The zero-order valence-corrected chi connectivity index (χ0v) is 50.5. The fourth-order valence-corrected chi connectivity index (χ4v) is 8.82. The Morgan fingerprint density at radius 2 is 0.815 bits per heavy atom. The van der Waals surface area contributed by atoms with Gasteiger partial charge in [-0.1, -0.05) is 251 Å². The Morgan fingerprint density at radius 1 is 0.432 bits per heavy atom. The first-order chi connectivity index (χ1) is 39.6. The van der Waals surface area contributed by atoms with E-state index >= 15 is 0 Å². The number of ether oxygens (including phenoxy) is 5. The number of unbranched alkanes of at least 4 members (excludes halogenated alkanes) is 19. The number of carbonyl (C=O) groups excluding carboxylic acids is 3. The van der Waals surface area contributed by atoms with Crippen molar-refractivity contribution in [3.8, 4) is 0 Å². The number of rotatable bonds is 52. The number of esters is 3. The quantitative estimate of drug-likeness (QED) is 0.0228. The van der Waals surface area contributed by atoms with Gasteiger partial charge in [0.1, 0.15) is 18.8 Å². The molecule has 458 valence electrons. The minimum atomic E-state index is -1.93. The van der Waals surface area contributed by atoms with Gasteiger partial charge in [0.25, 0.3) is 0 Å². The molecule has 0 aromatic carbocycles. The van der Waals surface area contributed by atoms with Crippen molar-refractivity contribution in [2.24, 2.45) is 0 Å². The summed E-state index contributed by atoms with van der Waals surface area (Å²) in [5.41, 5.74) is 0. The van der Waals surface area contributed by atoms with Crippen molar-refractivity contribution in [1.82, 2.24) is 0 Å². The highest BCUT2D eigenvalue weighted by Gasteiger charge is 2.50. The first kappa shape index (κ1) is 74.1. The van der Waals surface area contributed by atoms with Crippen LogP contribution in [0.1, 0.15) is 239 Å². The van der Waals surface area contributed by atoms with E-state index in [0.717, 1.165) is 103 Å². The second-order valence-corrected chi connectivity index (χ2v) is 21.0. The summed E-state index contributed by atoms with van der Waals surface area (Å²) in [4.78, 5) is 51.2. The van der Waals surface area contributed by atoms with Gasteiger partial charge in [-0.25, -0.2) is 4.79 Å². The van der Waals surface area contributed by atoms with Crippen LogP contribution in [0.5, 0.6) is 0 Å². The van der Waals surface area contributed by atoms with Crippen LogP contribution >= 0.6 is 0 Å². The molecule has 0 saturated carbocycles. The molecule has 3 N–H and O–H groups in total. The lowest BCUT2D eigenvalue weighted by molar-refractivity contribution is -0.301. The summed E-state index contributed by atoms with van der Waals surface area (Å²) in [5.74, 6) is -3.34. The average molecular weight is 1130 g/mol. The van der Waals surface area contributed by atoms with Crippen LogP contribution in [0, 0.1) is 0 Å². The molecule has 12 heteroatoms. The summed E-state index contributed by atoms with van der Waals surface area (Å²) >= 11 is 0. The largest absolute Gasteiger partial charge is 0.479 e. The van der Waals surface area contributed by atoms with Crippen LogP contribution in [-0.2, 0) is 42.9 Å². The van der Waals surface area contributed by atoms with E-state index in [1.54, 1.807) is 6.08 Å². The molecule has 0 spiro atoms. The maximum Gasteiger partial charge on any atom is 0.335 e. The molecule has 0 aromatic heterocycles. The Bertz CT molecular complexity index is 1870. The van der Waals surface area contributed by atoms with Crippen LogP contribution in [0.15, 0.2) is 122 Å². The number of allylic oxidation sites excluding steroid dienone is 19. The third-order valence-corrected chi connectivity index (χ3v) is 13.6. The minimum Gasteiger partial charge on any atom is -0.479 e. The van der Waals surface area contributed by atoms with E-state index in [1.165, 1.54) is 77.0 Å². The minimum absolute atomic E-state index is 0.0440. The second kappa shape index (κ2) is 55.6. The monoisotopic (exact) mass is 1130 g/mol. The van der Waals surface area contributed by atoms with Crippen molar-refractivity contribution < 1.29 is 58.2 Å². The van der Waals surface area contributed by atoms with Gasteiger partial charge >= 0.3 is 23.9 Å². The van der Waals surface area contributed by atoms with Gasteiger partial charge in [-0.2, -0.15) is 0 Å². The van der Waals surface area contributed by atoms with Gasteiger partial charge in [-0.3, -0.25) is 14.4 Å². The Labute approximate surface area is 490 Å². The highest BCUT2D eigenvalue weighted by molar-refractivity contribution is 5.74. The summed E-state index contributed by atoms with van der Waals surface area (Å²) in [6.45, 7) is 5.66. The molecule has 0 amide bonds. The van der Waals surface area contributed by atoms with Gasteiger partial charge in [0.2, 0.25) is 0 Å². The van der Waals surface area contributed by atoms with E-state index in [4.69, 9.17) is 23.7 Å². The molecule has 6 atom stereocenters. The Kier molecular flexibility index (Phi) is 50.9. The molecule has 0 aliphatic carbocycles. The van der Waals surface area contributed by atoms with Crippen molar-refractivity contribution in [3.05, 3.63) is 122 Å². The predicted octanol–water partition coefficient (Wildman–Crippen LogP) is 16.8. The molecule has 0 radical (unpaired) electrons. The molecule has 0 bridgehead atoms. The number of carboxylic acids is 1. The van der Waals surface area contributed by atoms with E-state index in [1.807, 2.05) is 18.2 Å². The maximum absolute atomic E-state index is 13.1. The van der Waals surface area contributed by atoms with E-state index in [0.29, 0.717) is 19.3 Å². The van der Waals surface area contributed by atoms with Gasteiger partial charge in [-0.15, -0.1) is 0 Å². The fraction of sp³-hybridized carbons (Fsp3) is 0.652. The van der Waals surface area contributed by atoms with Gasteiger partial charge in [0.05, 0.1) is 13.0 Å². The molecule has 12 nitrogen and oxygen atoms in total. The standard InChI is InChI=1S/C69H110O12/c1-4-7-10-13-16-19-22-25-28-30-31-33-35-37-40-43-46-49-52-55-61(70)77-58-60(79-62(71)56-53-50-47-44-41-38-34-27-24-21-18-15-12-9-6-3)59-78-69-67(65(74)64(73)66(81-69)68(75)76)80-63(72)57-54-51-48-45-42-39-36-32-29-26-23-20-17-14-11-8-5-2/h7,9-10,12,16,18-19,21,25,27-28,31,33-34,37,40-41,44,50,53,60,64-67,69,73-74H,4-6,8,11,13-15,17,20,22-24,26,29-30,32,35-36,38-39,42-43,45-49,51-52,54-59H2,1-3H3,(H,75,76)/b10-7-,12-9-,19-16-,21-18-,28-25-,33-31-,34-27-,40-37-,44-41-,53-50-. The van der Waals surface area contributed by atoms with E-state index in [-0.39, 0.29) is 25.9 Å². The maximum atomic E-state index is 13.1. The molecule has 1 aliphatic rings. The highest BCUT2D eigenvalue weighted by atomic mass is 16.7. The van der Waals surface area contributed by atoms with E-state index in [9.17, 15) is 34.5 Å². The summed E-state index contributed by atoms with van der Waals surface area (Å²) in [5, 5.41) is 31.6. The number of carboxylic acid groups (broad SMARTS) is 1. The molecule has 1 heterocycles. The van der Waals surface area contributed by atoms with Gasteiger partial charge in [0.15, 0.2) is 24.6 Å². The van der Waals surface area contributed by atoms with Crippen LogP contribution in [0.25, 0.3) is 0 Å². The molecule has 6 unspecified atom stereocenters. The van der Waals surface area contributed by atoms with Crippen molar-refractivity contribution in [1.29, 1.82) is 0 Å². The Hall–Kier alpha value is -4.88. The van der Waals surface area contributed by atoms with Crippen LogP contribution < -0.4 is 0 Å². The Morgan fingerprint density at radius 3 is 1.25 bits per heavy atom. The second-order valence-electron chi connectivity index (χ2n) is 21.0. The molecule has 1 fully saturated rings. The van der Waals surface area contributed by atoms with Crippen molar-refractivity contribution >= 4 is 23.9 Å². The Balaban J connectivity index is 2.74. The average Bonchev–Trinajstić information content (AvgIpc) is 3.53. The van der Waals surface area contributed by atoms with Gasteiger partial charge in [-0.05, 0) is 89.9 Å². The topological polar surface area (TPSA) is 175 Å². The van der Waals surface area contributed by atoms with Crippen LogP contribution in [0.2, 0.25) is 0 Å². The zero-order chi connectivity index (χ0) is 58.9. The third-order valence-electron chi connectivity index (χ3n) is 13.6. The normalized spacial score (nSPS) is 18.6. The molecule has 81 heavy (non-hydrogen) atoms. The smallest absolute Gasteiger partial charge is 0.335 e. The number of aliphatic hydroxyl groups excluding tert-OH is 2. The van der Waals surface area contributed by atoms with E-state index < -0.39 is 67.3 Å². The number of hydrogen-bond donors (Lipinski definition) is 3. The molecular formula is C69H110O12. The summed E-state index contributed by atoms with van der Waals surface area (Å²) in [6.07, 6.45) is 64.8. The predicted molar refractivity (Wildman–Crippen MR) is 330 cm³/mol. The number of hydrogen-bond acceptors (Lipinski definition) is 11. The van der Waals surface area contributed by atoms with Crippen LogP contribution in [0.4, 0.5) is 0 Å². The van der Waals surface area contributed by atoms with Gasteiger partial charge in [0, 0.05) is 12.8 Å². The molecule has 1 aliphatic heterocycles. The molecular weight excluding hydrogens is 1020 g/mol. The summed E-state index contributed by atoms with van der Waals surface area (Å²) in [6, 6.07) is 0. The lowest BCUT2D eigenvalue weighted by Gasteiger charge is -2.40. The highest BCUT2D eigenvalue weighted by Crippen LogP contribution is 2.26. The molecule has 0 aromatic rings. The first-order valence-corrected chi connectivity index (χ1v) is 31.5. The van der Waals surface area contributed by atoms with E-state index in [2.05, 4.69) is 118 Å². The zero-order valence-electron chi connectivity index (χ0n) is 50.5. The number of carbonyl (C=O) groups is 4. The van der Waals surface area contributed by atoms with Crippen LogP contribution in [-0.4, -0.2) is 89.2 Å². The van der Waals surface area contributed by atoms with Crippen molar-refractivity contribution in [3.63, 3.8) is 0 Å². The molecule has 1 rings (SSSR count). The summed E-state index contributed by atoms with van der Waals surface area (Å²) < 4.78 is 28.3. The SMILES string of the molecule is CC/C=C\C/C=C\C/C=C\C/C=C\C/C=C\CCCCCC(=O)OCC(COC1OC(C(=O)O)C(O)C(O)C1OC(=O)CCCCCCCCCCCCCCCCCCC)OC(=O)C/C=C\C/C=C\C/C=C\C/C=C\C/C=C\CC. The third kappa shape index (κ3) is 45.3. The number of aliphatic carboxylic acids is 1. The summed E-state index contributed by atoms with van der Waals surface area (Å²) in [7, 11) is 0. The number of aliphatic hydroxyl groups is 2. The lowest BCUT2D eigenvalue weighted by atomic mass is 9.98. The van der Waals surface area contributed by atoms with Crippen LogP contribution in [0.3, 0.4) is 0 Å². The molecule has 1 saturated heterocycles. The fourth-order valence-electron chi connectivity index (χ4n) is 8.82.